The zero-order valence-corrected chi connectivity index (χ0v) is 21.8. The van der Waals surface area contributed by atoms with Gasteiger partial charge < -0.3 is 31.6 Å². The van der Waals surface area contributed by atoms with Gasteiger partial charge in [0.15, 0.2) is 0 Å². The maximum atomic E-state index is 10.7. The number of nitrogens with one attached hydrogen (secondary N) is 2. The Hall–Kier alpha value is -2.87. The summed E-state index contributed by atoms with van der Waals surface area (Å²) in [6.07, 6.45) is 5.91. The monoisotopic (exact) mass is 468 g/mol. The summed E-state index contributed by atoms with van der Waals surface area (Å²) in [6, 6.07) is 7.38. The van der Waals surface area contributed by atoms with Gasteiger partial charge in [-0.3, -0.25) is 9.59 Å². The Morgan fingerprint density at radius 2 is 1.64 bits per heavy atom. The van der Waals surface area contributed by atoms with Gasteiger partial charge >= 0.3 is 5.97 Å². The van der Waals surface area contributed by atoms with E-state index in [2.05, 4.69) is 36.8 Å². The van der Waals surface area contributed by atoms with E-state index in [0.717, 1.165) is 30.4 Å². The highest BCUT2D eigenvalue weighted by Crippen LogP contribution is 2.09. The second-order valence-electron chi connectivity index (χ2n) is 6.33. The number of rotatable bonds is 9. The first kappa shape index (κ1) is 37.4. The molecule has 0 saturated carbocycles. The molecule has 1 aromatic rings. The molecule has 1 unspecified atom stereocenters. The average Bonchev–Trinajstić information content (AvgIpc) is 2.83. The van der Waals surface area contributed by atoms with Crippen molar-refractivity contribution in [1.82, 2.24) is 5.32 Å². The highest BCUT2D eigenvalue weighted by Gasteiger charge is 2.08. The van der Waals surface area contributed by atoms with Crippen molar-refractivity contribution in [3.63, 3.8) is 0 Å². The predicted octanol–water partition coefficient (Wildman–Crippen LogP) is 4.14. The minimum Gasteiger partial charge on any atom is -0.461 e. The van der Waals surface area contributed by atoms with Gasteiger partial charge in [-0.15, -0.1) is 0 Å². The molecule has 192 valence electrons. The Labute approximate surface area is 201 Å². The van der Waals surface area contributed by atoms with Crippen molar-refractivity contribution in [2.45, 2.75) is 79.9 Å². The average molecular weight is 469 g/mol. The third kappa shape index (κ3) is 31.4. The first-order chi connectivity index (χ1) is 15.8. The fourth-order valence-corrected chi connectivity index (χ4v) is 1.82. The van der Waals surface area contributed by atoms with Crippen LogP contribution in [0.25, 0.3) is 0 Å². The molecule has 0 spiro atoms. The number of hydrogen-bond donors (Lipinski definition) is 4. The van der Waals surface area contributed by atoms with Gasteiger partial charge in [0.25, 0.3) is 0 Å². The lowest BCUT2D eigenvalue weighted by Crippen LogP contribution is -2.39. The second-order valence-corrected chi connectivity index (χ2v) is 6.33. The minimum absolute atomic E-state index is 0.0591. The fourth-order valence-electron chi connectivity index (χ4n) is 1.82. The van der Waals surface area contributed by atoms with Gasteiger partial charge in [-0.2, -0.15) is 0 Å². The van der Waals surface area contributed by atoms with Crippen LogP contribution >= 0.6 is 0 Å². The smallest absolute Gasteiger partial charge is 0.302 e. The topological polar surface area (TPSA) is 137 Å². The Morgan fingerprint density at radius 3 is 1.97 bits per heavy atom. The molecule has 0 radical (unpaired) electrons. The van der Waals surface area contributed by atoms with Gasteiger partial charge in [0.2, 0.25) is 5.91 Å². The van der Waals surface area contributed by atoms with Crippen molar-refractivity contribution < 1.29 is 19.1 Å². The number of hydrogen-bond acceptors (Lipinski definition) is 7. The Morgan fingerprint density at radius 1 is 1.15 bits per heavy atom. The zero-order chi connectivity index (χ0) is 26.5. The number of carbonyl (C=O) groups is 3. The van der Waals surface area contributed by atoms with Crippen LogP contribution < -0.4 is 22.1 Å². The lowest BCUT2D eigenvalue weighted by atomic mass is 10.1. The number of anilines is 1. The molecule has 1 rings (SSSR count). The molecule has 33 heavy (non-hydrogen) atoms. The van der Waals surface area contributed by atoms with Crippen molar-refractivity contribution in [2.75, 3.05) is 18.9 Å². The molecule has 0 aromatic heterocycles. The van der Waals surface area contributed by atoms with Crippen LogP contribution in [-0.2, 0) is 25.7 Å². The maximum absolute atomic E-state index is 10.7. The summed E-state index contributed by atoms with van der Waals surface area (Å²) in [5.74, 6) is -0.527. The molecular formula is C25H48N4O4. The zero-order valence-electron chi connectivity index (χ0n) is 21.8. The van der Waals surface area contributed by atoms with Crippen LogP contribution in [0.15, 0.2) is 37.0 Å². The van der Waals surface area contributed by atoms with Gasteiger partial charge in [0.05, 0.1) is 12.6 Å². The highest BCUT2D eigenvalue weighted by molar-refractivity contribution is 5.81. The van der Waals surface area contributed by atoms with Crippen molar-refractivity contribution in [1.29, 1.82) is 0 Å². The third-order valence-corrected chi connectivity index (χ3v) is 3.25. The van der Waals surface area contributed by atoms with Gasteiger partial charge in [0, 0.05) is 19.7 Å². The Kier molecular flexibility index (Phi) is 35.5. The lowest BCUT2D eigenvalue weighted by Gasteiger charge is -2.10. The Bertz CT molecular complexity index is 578. The van der Waals surface area contributed by atoms with Crippen LogP contribution in [0.3, 0.4) is 0 Å². The number of aldehydes is 1. The molecule has 0 saturated heterocycles. The minimum atomic E-state index is -0.360. The number of unbranched alkanes of at least 4 members (excludes halogenated alkanes) is 1. The molecule has 0 fully saturated rings. The summed E-state index contributed by atoms with van der Waals surface area (Å²) in [5.41, 5.74) is 11.7. The highest BCUT2D eigenvalue weighted by atomic mass is 16.5. The van der Waals surface area contributed by atoms with Crippen LogP contribution in [0.1, 0.15) is 72.8 Å². The number of benzene rings is 1. The number of esters is 1. The SMILES string of the molecule is C=CN.CC.CCC.CCCCC(C=O)NC(=O)CN.CNc1ccc(COC(C)=O)cc1. The van der Waals surface area contributed by atoms with Crippen molar-refractivity contribution in [3.8, 4) is 0 Å². The van der Waals surface area contributed by atoms with Crippen LogP contribution in [-0.4, -0.2) is 37.8 Å². The molecule has 0 aliphatic carbocycles. The number of ether oxygens (including phenoxy) is 1. The van der Waals surface area contributed by atoms with Gasteiger partial charge in [-0.1, -0.05) is 72.6 Å². The molecule has 0 heterocycles. The number of carbonyl (C=O) groups excluding carboxylic acids is 3. The van der Waals surface area contributed by atoms with Crippen LogP contribution in [0, 0.1) is 0 Å². The van der Waals surface area contributed by atoms with E-state index in [1.165, 1.54) is 19.5 Å². The van der Waals surface area contributed by atoms with Crippen LogP contribution in [0.5, 0.6) is 0 Å². The first-order valence-electron chi connectivity index (χ1n) is 11.5. The van der Waals surface area contributed by atoms with Crippen molar-refractivity contribution in [2.24, 2.45) is 11.5 Å². The van der Waals surface area contributed by atoms with E-state index in [1.54, 1.807) is 0 Å². The quantitative estimate of drug-likeness (QED) is 0.316. The second kappa shape index (κ2) is 31.3. The summed E-state index contributed by atoms with van der Waals surface area (Å²) in [5, 5.41) is 5.53. The van der Waals surface area contributed by atoms with E-state index in [1.807, 2.05) is 52.1 Å². The summed E-state index contributed by atoms with van der Waals surface area (Å²) in [7, 11) is 1.86. The van der Waals surface area contributed by atoms with Crippen LogP contribution in [0.4, 0.5) is 5.69 Å². The summed E-state index contributed by atoms with van der Waals surface area (Å²) in [4.78, 5) is 31.7. The van der Waals surface area contributed by atoms with Gasteiger partial charge in [-0.05, 0) is 30.3 Å². The molecule has 8 heteroatoms. The van der Waals surface area contributed by atoms with Gasteiger partial charge in [-0.25, -0.2) is 0 Å². The van der Waals surface area contributed by atoms with E-state index >= 15 is 0 Å². The molecule has 0 aliphatic rings. The van der Waals surface area contributed by atoms with Crippen molar-refractivity contribution >= 4 is 23.9 Å². The molecular weight excluding hydrogens is 420 g/mol. The molecule has 6 N–H and O–H groups in total. The van der Waals surface area contributed by atoms with Crippen LogP contribution in [0.2, 0.25) is 0 Å². The summed E-state index contributed by atoms with van der Waals surface area (Å²) < 4.78 is 4.84. The van der Waals surface area contributed by atoms with Crippen molar-refractivity contribution in [3.05, 3.63) is 42.6 Å². The van der Waals surface area contributed by atoms with E-state index in [-0.39, 0.29) is 24.5 Å². The third-order valence-electron chi connectivity index (χ3n) is 3.25. The van der Waals surface area contributed by atoms with E-state index in [0.29, 0.717) is 13.0 Å². The first-order valence-corrected chi connectivity index (χ1v) is 11.5. The fraction of sp³-hybridized carbons (Fsp3) is 0.560. The normalized spacial score (nSPS) is 9.21. The molecule has 1 aromatic carbocycles. The van der Waals surface area contributed by atoms with E-state index in [9.17, 15) is 14.4 Å². The van der Waals surface area contributed by atoms with E-state index in [4.69, 9.17) is 10.5 Å². The standard InChI is InChI=1S/C10H13NO2.C8H16N2O2.C3H8.C2H5N.C2H6/c1-8(12)13-7-9-3-5-10(11-2)6-4-9;1-2-3-4-7(6-11)10-8(12)5-9;1-3-2;1-2-3;1-2/h3-6,11H,7H2,1-2H3;6-7H,2-5,9H2,1H3,(H,10,12);3H2,1-2H3;2H,1,3H2;1-2H3. The molecule has 1 amide bonds. The number of nitrogens with two attached hydrogens (primary N) is 2. The molecule has 8 nitrogen and oxygen atoms in total. The molecule has 1 atom stereocenters. The Balaban J connectivity index is -0.000000194. The predicted molar refractivity (Wildman–Crippen MR) is 140 cm³/mol. The number of amides is 1. The lowest BCUT2D eigenvalue weighted by molar-refractivity contribution is -0.142. The summed E-state index contributed by atoms with van der Waals surface area (Å²) in [6.45, 7) is 15.1. The summed E-state index contributed by atoms with van der Waals surface area (Å²) >= 11 is 0. The largest absolute Gasteiger partial charge is 0.461 e. The maximum Gasteiger partial charge on any atom is 0.302 e. The molecule has 0 aliphatic heterocycles. The molecule has 0 bridgehead atoms. The van der Waals surface area contributed by atoms with E-state index < -0.39 is 0 Å². The van der Waals surface area contributed by atoms with Gasteiger partial charge in [0.1, 0.15) is 12.9 Å².